The third-order valence-corrected chi connectivity index (χ3v) is 8.16. The molecule has 1 aromatic carbocycles. The maximum absolute atomic E-state index is 13.5. The molecule has 3 heterocycles. The number of rotatable bonds is 7. The third-order valence-electron chi connectivity index (χ3n) is 7.13. The fourth-order valence-corrected chi connectivity index (χ4v) is 5.68. The number of thiazole rings is 1. The minimum absolute atomic E-state index is 0.0189. The van der Waals surface area contributed by atoms with Crippen LogP contribution in [0, 0.1) is 11.7 Å². The highest BCUT2D eigenvalue weighted by Crippen LogP contribution is 2.39. The molecule has 1 fully saturated rings. The lowest BCUT2D eigenvalue weighted by Crippen LogP contribution is -2.58. The summed E-state index contributed by atoms with van der Waals surface area (Å²) in [5.41, 5.74) is -0.931. The molecular formula is C27H28FN3O4S. The van der Waals surface area contributed by atoms with Gasteiger partial charge in [-0.1, -0.05) is 12.1 Å². The van der Waals surface area contributed by atoms with Gasteiger partial charge in [-0.3, -0.25) is 14.4 Å². The number of nitrogens with zero attached hydrogens (tertiary/aromatic N) is 3. The normalized spacial score (nSPS) is 19.6. The number of fused-ring (bicyclic) bond motifs is 1. The van der Waals surface area contributed by atoms with Crippen molar-refractivity contribution in [2.45, 2.75) is 58.0 Å². The van der Waals surface area contributed by atoms with E-state index >= 15 is 0 Å². The average molecular weight is 510 g/mol. The zero-order chi connectivity index (χ0) is 25.8. The van der Waals surface area contributed by atoms with E-state index in [-0.39, 0.29) is 35.4 Å². The van der Waals surface area contributed by atoms with Crippen LogP contribution in [0.1, 0.15) is 61.0 Å². The Bertz CT molecular complexity index is 1410. The van der Waals surface area contributed by atoms with Crippen LogP contribution in [0.4, 0.5) is 4.39 Å². The number of carbonyl (C=O) groups is 2. The van der Waals surface area contributed by atoms with Gasteiger partial charge in [-0.25, -0.2) is 9.37 Å². The first-order valence-electron chi connectivity index (χ1n) is 12.1. The number of pyridine rings is 1. The number of hydrogen-bond donors (Lipinski definition) is 1. The van der Waals surface area contributed by atoms with Gasteiger partial charge < -0.3 is 14.6 Å². The summed E-state index contributed by atoms with van der Waals surface area (Å²) < 4.78 is 14.7. The predicted molar refractivity (Wildman–Crippen MR) is 135 cm³/mol. The maximum Gasteiger partial charge on any atom is 0.274 e. The lowest BCUT2D eigenvalue weighted by molar-refractivity contribution is -0.128. The van der Waals surface area contributed by atoms with Gasteiger partial charge in [0.05, 0.1) is 12.1 Å². The first-order chi connectivity index (χ1) is 17.1. The number of halogens is 1. The molecule has 7 nitrogen and oxygen atoms in total. The van der Waals surface area contributed by atoms with Crippen molar-refractivity contribution >= 4 is 23.0 Å². The standard InChI is InChI=1S/C27H28FN3O4S/c1-15(2)30-14-27(3,21(32)11-17-4-5-17)31-13-20(23(33)24(34)22(31)26(30)35)25-29-12-19(36-25)10-16-6-8-18(28)9-7-16/h6-9,12-13,15,17,34H,4-5,10-11,14H2,1-3H3/t27-/m1/s1. The van der Waals surface area contributed by atoms with Crippen molar-refractivity contribution < 1.29 is 19.1 Å². The Labute approximate surface area is 212 Å². The molecule has 5 rings (SSSR count). The van der Waals surface area contributed by atoms with Crippen molar-refractivity contribution in [3.63, 3.8) is 0 Å². The van der Waals surface area contributed by atoms with Crippen molar-refractivity contribution in [3.05, 3.63) is 68.8 Å². The molecule has 0 unspecified atom stereocenters. The Hall–Kier alpha value is -3.33. The number of aromatic hydroxyl groups is 1. The predicted octanol–water partition coefficient (Wildman–Crippen LogP) is 4.36. The molecule has 1 atom stereocenters. The summed E-state index contributed by atoms with van der Waals surface area (Å²) in [4.78, 5) is 46.9. The summed E-state index contributed by atoms with van der Waals surface area (Å²) in [6.07, 6.45) is 6.09. The minimum Gasteiger partial charge on any atom is -0.503 e. The van der Waals surface area contributed by atoms with E-state index in [1.165, 1.54) is 34.2 Å². The van der Waals surface area contributed by atoms with E-state index in [4.69, 9.17) is 0 Å². The van der Waals surface area contributed by atoms with Crippen LogP contribution in [-0.4, -0.2) is 43.8 Å². The van der Waals surface area contributed by atoms with Gasteiger partial charge >= 0.3 is 0 Å². The quantitative estimate of drug-likeness (QED) is 0.511. The van der Waals surface area contributed by atoms with Gasteiger partial charge in [0.15, 0.2) is 17.2 Å². The number of carbonyl (C=O) groups excluding carboxylic acids is 2. The van der Waals surface area contributed by atoms with Gasteiger partial charge in [0, 0.05) is 36.2 Å². The molecule has 1 amide bonds. The van der Waals surface area contributed by atoms with Gasteiger partial charge in [-0.05, 0) is 57.2 Å². The Morgan fingerprint density at radius 1 is 1.25 bits per heavy atom. The average Bonchev–Trinajstić information content (AvgIpc) is 3.54. The zero-order valence-electron chi connectivity index (χ0n) is 20.5. The van der Waals surface area contributed by atoms with Crippen LogP contribution in [0.25, 0.3) is 10.6 Å². The monoisotopic (exact) mass is 509 g/mol. The summed E-state index contributed by atoms with van der Waals surface area (Å²) in [6.45, 7) is 5.64. The highest BCUT2D eigenvalue weighted by Gasteiger charge is 2.47. The molecule has 1 saturated carbocycles. The van der Waals surface area contributed by atoms with E-state index in [0.717, 1.165) is 23.3 Å². The molecule has 3 aromatic rings. The third kappa shape index (κ3) is 4.25. The van der Waals surface area contributed by atoms with Crippen molar-refractivity contribution in [1.82, 2.24) is 14.5 Å². The molecule has 2 aliphatic rings. The number of aromatic nitrogens is 2. The summed E-state index contributed by atoms with van der Waals surface area (Å²) in [5, 5.41) is 11.4. The molecule has 0 bridgehead atoms. The summed E-state index contributed by atoms with van der Waals surface area (Å²) in [6, 6.07) is 5.96. The van der Waals surface area contributed by atoms with Crippen LogP contribution in [0.5, 0.6) is 5.75 Å². The Kier molecular flexibility index (Phi) is 6.06. The molecule has 188 valence electrons. The second-order valence-electron chi connectivity index (χ2n) is 10.2. The van der Waals surface area contributed by atoms with Gasteiger partial charge in [0.2, 0.25) is 5.43 Å². The molecule has 1 N–H and O–H groups in total. The van der Waals surface area contributed by atoms with Crippen LogP contribution < -0.4 is 5.43 Å². The van der Waals surface area contributed by atoms with E-state index in [9.17, 15) is 23.9 Å². The van der Waals surface area contributed by atoms with Crippen LogP contribution in [0.2, 0.25) is 0 Å². The van der Waals surface area contributed by atoms with Gasteiger partial charge in [-0.15, -0.1) is 11.3 Å². The molecule has 36 heavy (non-hydrogen) atoms. The molecule has 0 saturated heterocycles. The van der Waals surface area contributed by atoms with E-state index in [0.29, 0.717) is 23.8 Å². The lowest BCUT2D eigenvalue weighted by Gasteiger charge is -2.44. The van der Waals surface area contributed by atoms with Crippen molar-refractivity contribution in [3.8, 4) is 16.3 Å². The van der Waals surface area contributed by atoms with Gasteiger partial charge in [0.1, 0.15) is 16.4 Å². The molecule has 0 spiro atoms. The molecular weight excluding hydrogens is 481 g/mol. The molecule has 0 radical (unpaired) electrons. The van der Waals surface area contributed by atoms with Gasteiger partial charge in [-0.2, -0.15) is 0 Å². The zero-order valence-corrected chi connectivity index (χ0v) is 21.3. The van der Waals surface area contributed by atoms with Crippen LogP contribution in [-0.2, 0) is 16.8 Å². The summed E-state index contributed by atoms with van der Waals surface area (Å²) in [5.74, 6) is -1.12. The van der Waals surface area contributed by atoms with Gasteiger partial charge in [0.25, 0.3) is 5.91 Å². The number of hydrogen-bond acceptors (Lipinski definition) is 6. The number of amides is 1. The Balaban J connectivity index is 1.59. The van der Waals surface area contributed by atoms with E-state index in [2.05, 4.69) is 4.98 Å². The van der Waals surface area contributed by atoms with E-state index in [1.54, 1.807) is 30.2 Å². The Morgan fingerprint density at radius 3 is 2.58 bits per heavy atom. The smallest absolute Gasteiger partial charge is 0.274 e. The van der Waals surface area contributed by atoms with Crippen LogP contribution in [0.15, 0.2) is 41.5 Å². The van der Waals surface area contributed by atoms with Crippen LogP contribution >= 0.6 is 11.3 Å². The number of ketones is 1. The van der Waals surface area contributed by atoms with Crippen LogP contribution in [0.3, 0.4) is 0 Å². The highest BCUT2D eigenvalue weighted by atomic mass is 32.1. The van der Waals surface area contributed by atoms with E-state index in [1.807, 2.05) is 13.8 Å². The SMILES string of the molecule is CC(C)N1C[C@](C)(C(=O)CC2CC2)n2cc(-c3ncc(Cc4ccc(F)cc4)s3)c(=O)c(O)c2C1=O. The molecule has 1 aliphatic carbocycles. The fraction of sp³-hybridized carbons (Fsp3) is 0.407. The molecule has 1 aliphatic heterocycles. The number of benzene rings is 1. The number of Topliss-reactive ketones (excluding diaryl/α,β-unsaturated/α-hetero) is 1. The van der Waals surface area contributed by atoms with Crippen molar-refractivity contribution in [2.24, 2.45) is 5.92 Å². The summed E-state index contributed by atoms with van der Waals surface area (Å²) >= 11 is 1.28. The molecule has 2 aromatic heterocycles. The fourth-order valence-electron chi connectivity index (χ4n) is 4.72. The Morgan fingerprint density at radius 2 is 1.94 bits per heavy atom. The molecule has 9 heteroatoms. The summed E-state index contributed by atoms with van der Waals surface area (Å²) in [7, 11) is 0. The second kappa shape index (κ2) is 8.96. The van der Waals surface area contributed by atoms with E-state index < -0.39 is 22.6 Å². The first-order valence-corrected chi connectivity index (χ1v) is 12.9. The maximum atomic E-state index is 13.5. The second-order valence-corrected chi connectivity index (χ2v) is 11.4. The minimum atomic E-state index is -1.12. The topological polar surface area (TPSA) is 92.5 Å². The van der Waals surface area contributed by atoms with Crippen molar-refractivity contribution in [2.75, 3.05) is 6.54 Å². The van der Waals surface area contributed by atoms with Crippen molar-refractivity contribution in [1.29, 1.82) is 0 Å². The lowest BCUT2D eigenvalue weighted by atomic mass is 9.87. The first kappa shape index (κ1) is 24.4. The largest absolute Gasteiger partial charge is 0.503 e. The highest BCUT2D eigenvalue weighted by molar-refractivity contribution is 7.15.